The number of hydrogen-bond donors (Lipinski definition) is 2. The topological polar surface area (TPSA) is 100 Å². The summed E-state index contributed by atoms with van der Waals surface area (Å²) >= 11 is 3.11. The maximum Gasteiger partial charge on any atom is 0.291 e. The Kier molecular flexibility index (Phi) is 7.41. The Morgan fingerprint density at radius 3 is 2.83 bits per heavy atom. The SMILES string of the molecule is Cc1c(C#CC2CCOCC2)sc2c1SCC(NC(=O)c1n[nH]c(Cc3ccccc3)n1)C(=O)N2C. The number of nitrogens with zero attached hydrogens (tertiary/aromatic N) is 3. The second-order valence-corrected chi connectivity index (χ2v) is 10.9. The molecule has 2 N–H and O–H groups in total. The van der Waals surface area contributed by atoms with Crippen LogP contribution in [-0.4, -0.2) is 59.1 Å². The summed E-state index contributed by atoms with van der Waals surface area (Å²) < 4.78 is 5.42. The number of nitrogens with one attached hydrogen (secondary N) is 2. The van der Waals surface area contributed by atoms with Crippen molar-refractivity contribution in [2.75, 3.05) is 30.9 Å². The van der Waals surface area contributed by atoms with Gasteiger partial charge in [0.05, 0.1) is 4.88 Å². The van der Waals surface area contributed by atoms with Crippen molar-refractivity contribution in [3.05, 3.63) is 58.0 Å². The Morgan fingerprint density at radius 2 is 2.06 bits per heavy atom. The minimum Gasteiger partial charge on any atom is -0.381 e. The predicted octanol–water partition coefficient (Wildman–Crippen LogP) is 3.41. The zero-order valence-corrected chi connectivity index (χ0v) is 21.8. The molecule has 1 aromatic carbocycles. The summed E-state index contributed by atoms with van der Waals surface area (Å²) in [5, 5.41) is 10.6. The molecule has 5 rings (SSSR count). The fourth-order valence-corrected chi connectivity index (χ4v) is 6.70. The number of carbonyl (C=O) groups excluding carboxylic acids is 2. The third-order valence-corrected chi connectivity index (χ3v) is 8.97. The maximum absolute atomic E-state index is 13.3. The largest absolute Gasteiger partial charge is 0.381 e. The molecule has 3 aromatic rings. The highest BCUT2D eigenvalue weighted by Gasteiger charge is 2.33. The number of benzene rings is 1. The monoisotopic (exact) mass is 521 g/mol. The molecule has 186 valence electrons. The summed E-state index contributed by atoms with van der Waals surface area (Å²) in [5.74, 6) is 7.52. The second-order valence-electron chi connectivity index (χ2n) is 8.85. The maximum atomic E-state index is 13.3. The Hall–Kier alpha value is -3.13. The van der Waals surface area contributed by atoms with Crippen molar-refractivity contribution < 1.29 is 14.3 Å². The van der Waals surface area contributed by atoms with E-state index < -0.39 is 11.9 Å². The van der Waals surface area contributed by atoms with Crippen LogP contribution in [0.15, 0.2) is 35.2 Å². The average Bonchev–Trinajstić information content (AvgIpc) is 3.47. The van der Waals surface area contributed by atoms with Crippen LogP contribution in [0.2, 0.25) is 0 Å². The van der Waals surface area contributed by atoms with E-state index in [2.05, 4.69) is 39.3 Å². The van der Waals surface area contributed by atoms with Gasteiger partial charge in [-0.2, -0.15) is 0 Å². The molecule has 2 aliphatic heterocycles. The van der Waals surface area contributed by atoms with Crippen LogP contribution < -0.4 is 10.2 Å². The van der Waals surface area contributed by atoms with Gasteiger partial charge in [-0.15, -0.1) is 28.2 Å². The third-order valence-electron chi connectivity index (χ3n) is 6.27. The highest BCUT2D eigenvalue weighted by atomic mass is 32.2. The van der Waals surface area contributed by atoms with Gasteiger partial charge in [-0.3, -0.25) is 14.7 Å². The molecule has 36 heavy (non-hydrogen) atoms. The Balaban J connectivity index is 1.26. The summed E-state index contributed by atoms with van der Waals surface area (Å²) in [6.45, 7) is 3.58. The molecule has 4 heterocycles. The van der Waals surface area contributed by atoms with Gasteiger partial charge in [0.1, 0.15) is 16.9 Å². The normalized spacial score (nSPS) is 18.2. The number of anilines is 1. The van der Waals surface area contributed by atoms with Gasteiger partial charge < -0.3 is 15.0 Å². The van der Waals surface area contributed by atoms with Crippen LogP contribution in [0.5, 0.6) is 0 Å². The van der Waals surface area contributed by atoms with Crippen molar-refractivity contribution in [1.29, 1.82) is 0 Å². The van der Waals surface area contributed by atoms with Crippen molar-refractivity contribution in [2.24, 2.45) is 5.92 Å². The van der Waals surface area contributed by atoms with Gasteiger partial charge in [0, 0.05) is 43.2 Å². The van der Waals surface area contributed by atoms with Crippen LogP contribution in [-0.2, 0) is 16.0 Å². The van der Waals surface area contributed by atoms with Crippen LogP contribution in [0, 0.1) is 24.7 Å². The average molecular weight is 522 g/mol. The zero-order valence-electron chi connectivity index (χ0n) is 20.2. The summed E-state index contributed by atoms with van der Waals surface area (Å²) in [6.07, 6.45) is 2.47. The van der Waals surface area contributed by atoms with E-state index in [4.69, 9.17) is 4.74 Å². The first kappa shape index (κ1) is 24.6. The van der Waals surface area contributed by atoms with E-state index >= 15 is 0 Å². The lowest BCUT2D eigenvalue weighted by Crippen LogP contribution is -2.48. The lowest BCUT2D eigenvalue weighted by Gasteiger charge is -2.19. The van der Waals surface area contributed by atoms with Gasteiger partial charge in [0.25, 0.3) is 11.8 Å². The van der Waals surface area contributed by atoms with E-state index in [0.717, 1.165) is 52.0 Å². The zero-order chi connectivity index (χ0) is 25.1. The van der Waals surface area contributed by atoms with E-state index in [0.29, 0.717) is 23.9 Å². The molecule has 1 atom stereocenters. The molecule has 1 saturated heterocycles. The van der Waals surface area contributed by atoms with Crippen molar-refractivity contribution in [1.82, 2.24) is 20.5 Å². The number of amides is 2. The molecular weight excluding hydrogens is 494 g/mol. The molecule has 0 radical (unpaired) electrons. The van der Waals surface area contributed by atoms with Crippen molar-refractivity contribution in [3.63, 3.8) is 0 Å². The van der Waals surface area contributed by atoms with E-state index in [1.807, 2.05) is 30.3 Å². The van der Waals surface area contributed by atoms with Gasteiger partial charge in [-0.25, -0.2) is 4.98 Å². The second kappa shape index (κ2) is 10.9. The highest BCUT2D eigenvalue weighted by molar-refractivity contribution is 7.99. The summed E-state index contributed by atoms with van der Waals surface area (Å²) in [4.78, 5) is 34.1. The van der Waals surface area contributed by atoms with E-state index in [1.165, 1.54) is 11.3 Å². The number of likely N-dealkylation sites (N-methyl/N-ethyl adjacent to an activating group) is 1. The minimum absolute atomic E-state index is 0.0299. The van der Waals surface area contributed by atoms with Crippen LogP contribution >= 0.6 is 23.1 Å². The number of H-pyrrole nitrogens is 1. The molecular formula is C26H27N5O3S2. The molecule has 2 aliphatic rings. The summed E-state index contributed by atoms with van der Waals surface area (Å²) in [5.41, 5.74) is 2.15. The van der Waals surface area contributed by atoms with Crippen LogP contribution in [0.3, 0.4) is 0 Å². The first-order valence-corrected chi connectivity index (χ1v) is 13.7. The molecule has 8 nitrogen and oxygen atoms in total. The molecule has 10 heteroatoms. The first-order chi connectivity index (χ1) is 17.5. The molecule has 0 aliphatic carbocycles. The predicted molar refractivity (Wildman–Crippen MR) is 140 cm³/mol. The van der Waals surface area contributed by atoms with Gasteiger partial charge in [-0.1, -0.05) is 42.2 Å². The minimum atomic E-state index is -0.681. The van der Waals surface area contributed by atoms with Gasteiger partial charge in [0.2, 0.25) is 5.82 Å². The molecule has 2 amide bonds. The Labute approximate surface area is 218 Å². The highest BCUT2D eigenvalue weighted by Crippen LogP contribution is 2.44. The van der Waals surface area contributed by atoms with Crippen LogP contribution in [0.1, 0.15) is 45.3 Å². The van der Waals surface area contributed by atoms with Crippen LogP contribution in [0.25, 0.3) is 0 Å². The lowest BCUT2D eigenvalue weighted by atomic mass is 10.0. The van der Waals surface area contributed by atoms with Crippen LogP contribution in [0.4, 0.5) is 5.00 Å². The molecule has 1 fully saturated rings. The third kappa shape index (κ3) is 5.33. The fourth-order valence-electron chi connectivity index (χ4n) is 4.17. The van der Waals surface area contributed by atoms with Crippen molar-refractivity contribution in [2.45, 2.75) is 37.1 Å². The number of aromatic nitrogens is 3. The molecule has 2 aromatic heterocycles. The van der Waals surface area contributed by atoms with E-state index in [9.17, 15) is 9.59 Å². The summed E-state index contributed by atoms with van der Waals surface area (Å²) in [6, 6.07) is 9.15. The molecule has 0 spiro atoms. The number of aromatic amines is 1. The lowest BCUT2D eigenvalue weighted by molar-refractivity contribution is -0.119. The van der Waals surface area contributed by atoms with E-state index in [-0.39, 0.29) is 11.7 Å². The van der Waals surface area contributed by atoms with E-state index in [1.54, 1.807) is 23.7 Å². The first-order valence-electron chi connectivity index (χ1n) is 11.9. The number of ether oxygens (including phenoxy) is 1. The molecule has 0 bridgehead atoms. The number of thiophene rings is 1. The van der Waals surface area contributed by atoms with Gasteiger partial charge >= 0.3 is 0 Å². The number of carbonyl (C=O) groups is 2. The van der Waals surface area contributed by atoms with Gasteiger partial charge in [-0.05, 0) is 30.9 Å². The quantitative estimate of drug-likeness (QED) is 0.511. The number of hydrogen-bond acceptors (Lipinski definition) is 7. The van der Waals surface area contributed by atoms with Gasteiger partial charge in [0.15, 0.2) is 0 Å². The number of fused-ring (bicyclic) bond motifs is 1. The molecule has 0 saturated carbocycles. The number of thioether (sulfide) groups is 1. The number of rotatable bonds is 4. The Bertz CT molecular complexity index is 1320. The molecule has 1 unspecified atom stereocenters. The van der Waals surface area contributed by atoms with Crippen molar-refractivity contribution >= 4 is 39.9 Å². The van der Waals surface area contributed by atoms with Crippen molar-refractivity contribution in [3.8, 4) is 11.8 Å². The summed E-state index contributed by atoms with van der Waals surface area (Å²) in [7, 11) is 1.75. The Morgan fingerprint density at radius 1 is 1.28 bits per heavy atom. The standard InChI is InChI=1S/C26H27N5O3S2/c1-16-20(9-8-17-10-12-34-13-11-17)36-26-22(16)35-15-19(25(33)31(26)2)27-24(32)23-28-21(29-30-23)14-18-6-4-3-5-7-18/h3-7,17,19H,10-15H2,1-2H3,(H,27,32)(H,28,29,30). The fraction of sp³-hybridized carbons (Fsp3) is 0.385. The smallest absolute Gasteiger partial charge is 0.291 e.